The Balaban J connectivity index is 0. The maximum Gasteiger partial charge on any atom is 0.673 e. The van der Waals surface area contributed by atoms with Crippen LogP contribution in [0.1, 0.15) is 6.92 Å². The van der Waals surface area contributed by atoms with Gasteiger partial charge in [0.1, 0.15) is 12.2 Å². The van der Waals surface area contributed by atoms with E-state index in [4.69, 9.17) is 10.5 Å². The Kier molecular flexibility index (Phi) is 24.1. The number of halogens is 4. The van der Waals surface area contributed by atoms with E-state index in [1.807, 2.05) is 32.1 Å². The number of nitroso groups, excluding NO2 is 1. The van der Waals surface area contributed by atoms with Gasteiger partial charge in [-0.25, -0.2) is 0 Å². The third kappa shape index (κ3) is 21.9. The Morgan fingerprint density at radius 3 is 1.18 bits per heavy atom. The summed E-state index contributed by atoms with van der Waals surface area (Å²) in [6.45, 7) is 5.03. The summed E-state index contributed by atoms with van der Waals surface area (Å²) >= 11 is 0. The minimum absolute atomic E-state index is 0. The van der Waals surface area contributed by atoms with Gasteiger partial charge in [0.05, 0.1) is 0 Å². The third-order valence-corrected chi connectivity index (χ3v) is 6.45. The zero-order valence-corrected chi connectivity index (χ0v) is 24.7. The second-order valence-electron chi connectivity index (χ2n) is 6.89. The number of ether oxygens (including phenoxy) is 1. The van der Waals surface area contributed by atoms with E-state index in [1.54, 1.807) is 0 Å². The van der Waals surface area contributed by atoms with Crippen LogP contribution in [0.4, 0.5) is 17.3 Å². The predicted molar refractivity (Wildman–Crippen MR) is 149 cm³/mol. The van der Waals surface area contributed by atoms with E-state index in [0.717, 1.165) is 0 Å². The predicted octanol–water partition coefficient (Wildman–Crippen LogP) is 6.05. The van der Waals surface area contributed by atoms with E-state index in [-0.39, 0.29) is 26.4 Å². The topological polar surface area (TPSA) is 65.7 Å². The summed E-state index contributed by atoms with van der Waals surface area (Å²) in [5.74, 6) is -0.264. The number of hydrogen-bond donors (Lipinski definition) is 0. The van der Waals surface area contributed by atoms with Crippen LogP contribution in [0.15, 0.2) is 104 Å². The van der Waals surface area contributed by atoms with Crippen molar-refractivity contribution >= 4 is 37.1 Å². The minimum atomic E-state index is -6.00. The van der Waals surface area contributed by atoms with Gasteiger partial charge in [0, 0.05) is 27.3 Å². The summed E-state index contributed by atoms with van der Waals surface area (Å²) in [6, 6.07) is 32.3. The van der Waals surface area contributed by atoms with E-state index in [1.165, 1.54) is 28.9 Å². The van der Waals surface area contributed by atoms with E-state index in [9.17, 15) is 22.1 Å². The maximum atomic E-state index is 9.93. The molecule has 4 rings (SSSR count). The number of carbonyl (C=O) groups is 1. The van der Waals surface area contributed by atoms with Gasteiger partial charge in [-0.3, -0.25) is 4.79 Å². The monoisotopic (exact) mass is 731 g/mol. The van der Waals surface area contributed by atoms with Crippen molar-refractivity contribution in [2.45, 2.75) is 6.92 Å². The molecular weight excluding hydrogens is 702 g/mol. The zero-order chi connectivity index (χ0) is 28.7. The zero-order valence-electron chi connectivity index (χ0n) is 21.1. The fourth-order valence-corrected chi connectivity index (χ4v) is 4.98. The van der Waals surface area contributed by atoms with Crippen LogP contribution in [-0.4, -0.2) is 19.8 Å². The molecule has 0 aliphatic heterocycles. The first kappa shape index (κ1) is 38.5. The van der Waals surface area contributed by atoms with Crippen molar-refractivity contribution in [3.63, 3.8) is 0 Å². The van der Waals surface area contributed by atoms with Crippen LogP contribution < -0.4 is 21.5 Å². The van der Waals surface area contributed by atoms with Gasteiger partial charge in [0.2, 0.25) is 0 Å². The first-order chi connectivity index (χ1) is 18.2. The van der Waals surface area contributed by atoms with E-state index >= 15 is 0 Å². The molecule has 1 aliphatic rings. The molecule has 1 aliphatic carbocycles. The molecule has 207 valence electrons. The SMILES string of the molecule is C=CCOC(C)=O.F[B-](F)(F)F.[CH]1[CH][CH][CH][CH]1.[N]=O.[Re].c1ccc(P(c2ccccc2)c2ccccc2)cc1. The third-order valence-electron chi connectivity index (χ3n) is 4.00. The Hall–Kier alpha value is -2.65. The van der Waals surface area contributed by atoms with E-state index in [2.05, 4.69) is 102 Å². The number of benzene rings is 3. The molecular formula is C28H28BF4NO3PRe-. The van der Waals surface area contributed by atoms with Gasteiger partial charge < -0.3 is 22.0 Å². The largest absolute Gasteiger partial charge is 0.673 e. The van der Waals surface area contributed by atoms with Crippen molar-refractivity contribution in [1.82, 2.24) is 5.59 Å². The number of rotatable bonds is 5. The molecule has 0 saturated heterocycles. The summed E-state index contributed by atoms with van der Waals surface area (Å²) < 4.78 is 43.4. The van der Waals surface area contributed by atoms with Crippen molar-refractivity contribution in [1.29, 1.82) is 0 Å². The number of hydrogen-bond acceptors (Lipinski definition) is 3. The van der Waals surface area contributed by atoms with Gasteiger partial charge in [0.15, 0.2) is 0 Å². The molecule has 0 spiro atoms. The average molecular weight is 731 g/mol. The van der Waals surface area contributed by atoms with Crippen molar-refractivity contribution in [2.24, 2.45) is 0 Å². The molecule has 7 radical (unpaired) electrons. The van der Waals surface area contributed by atoms with Crippen LogP contribution in [0.2, 0.25) is 0 Å². The van der Waals surface area contributed by atoms with Crippen LogP contribution in [0, 0.1) is 37.0 Å². The maximum absolute atomic E-state index is 9.93. The molecule has 1 saturated carbocycles. The Bertz CT molecular complexity index is 892. The van der Waals surface area contributed by atoms with Gasteiger partial charge >= 0.3 is 13.2 Å². The molecule has 0 atom stereocenters. The fraction of sp³-hybridized carbons (Fsp3) is 0.0714. The van der Waals surface area contributed by atoms with Crippen molar-refractivity contribution < 1.29 is 47.2 Å². The summed E-state index contributed by atoms with van der Waals surface area (Å²) in [6.07, 6.45) is 11.5. The summed E-state index contributed by atoms with van der Waals surface area (Å²) in [5.41, 5.74) is 5.75. The van der Waals surface area contributed by atoms with Gasteiger partial charge in [-0.2, -0.15) is 0 Å². The van der Waals surface area contributed by atoms with Crippen LogP contribution in [0.3, 0.4) is 0 Å². The van der Waals surface area contributed by atoms with Crippen molar-refractivity contribution in [2.75, 3.05) is 6.61 Å². The molecule has 0 unspecified atom stereocenters. The Morgan fingerprint density at radius 2 is 1.00 bits per heavy atom. The van der Waals surface area contributed by atoms with Crippen LogP contribution >= 0.6 is 7.92 Å². The minimum Gasteiger partial charge on any atom is -0.462 e. The van der Waals surface area contributed by atoms with Crippen LogP contribution in [0.5, 0.6) is 0 Å². The number of esters is 1. The van der Waals surface area contributed by atoms with Crippen LogP contribution in [-0.2, 0) is 30.0 Å². The quantitative estimate of drug-likeness (QED) is 0.106. The molecule has 1 fully saturated rings. The molecule has 0 N–H and O–H groups in total. The molecule has 39 heavy (non-hydrogen) atoms. The second kappa shape index (κ2) is 24.4. The molecule has 0 heterocycles. The Morgan fingerprint density at radius 1 is 0.744 bits per heavy atom. The summed E-state index contributed by atoms with van der Waals surface area (Å²) in [4.78, 5) is 17.2. The second-order valence-corrected chi connectivity index (χ2v) is 9.11. The molecule has 0 aromatic heterocycles. The van der Waals surface area contributed by atoms with Crippen molar-refractivity contribution in [3.05, 3.63) is 141 Å². The first-order valence-electron chi connectivity index (χ1n) is 11.1. The molecule has 11 heteroatoms. The molecule has 0 bridgehead atoms. The van der Waals surface area contributed by atoms with Gasteiger partial charge in [-0.15, -0.1) is 4.91 Å². The summed E-state index contributed by atoms with van der Waals surface area (Å²) in [5, 5.41) is 4.19. The Labute approximate surface area is 243 Å². The fourth-order valence-electron chi connectivity index (χ4n) is 2.68. The van der Waals surface area contributed by atoms with Crippen molar-refractivity contribution in [3.8, 4) is 0 Å². The average Bonchev–Trinajstić information content (AvgIpc) is 3.51. The van der Waals surface area contributed by atoms with E-state index < -0.39 is 15.2 Å². The normalized spacial score (nSPS) is 11.2. The van der Waals surface area contributed by atoms with Gasteiger partial charge in [-0.05, 0) is 55.9 Å². The number of carbonyl (C=O) groups excluding carboxylic acids is 1. The molecule has 3 aromatic carbocycles. The summed E-state index contributed by atoms with van der Waals surface area (Å²) in [7, 11) is -6.45. The standard InChI is InChI=1S/C18H15P.C5H8O2.C5H5.BF4.NO.Re/c1-4-10-16(11-5-1)19(17-12-6-2-7-13-17)18-14-8-3-9-15-18;1-3-4-7-5(2)6;1-2-4-5-3-1;2-1(3,4)5;1-2;/h1-15H;3H,1,4H2,2H3;1-5H;;;/q;;;-1;;. The molecule has 3 aromatic rings. The number of nitrogens with zero attached hydrogens (tertiary/aromatic N) is 1. The first-order valence-corrected chi connectivity index (χ1v) is 12.5. The van der Waals surface area contributed by atoms with Crippen LogP contribution in [0.25, 0.3) is 0 Å². The molecule has 0 amide bonds. The molecule has 4 nitrogen and oxygen atoms in total. The van der Waals surface area contributed by atoms with E-state index in [0.29, 0.717) is 6.61 Å². The smallest absolute Gasteiger partial charge is 0.462 e. The van der Waals surface area contributed by atoms with Gasteiger partial charge in [-0.1, -0.05) is 104 Å². The van der Waals surface area contributed by atoms with Gasteiger partial charge in [0.25, 0.3) is 0 Å².